The number of halogens is 1. The van der Waals surface area contributed by atoms with Crippen molar-refractivity contribution in [2.24, 2.45) is 0 Å². The molecule has 0 radical (unpaired) electrons. The maximum atomic E-state index is 11.5. The lowest BCUT2D eigenvalue weighted by molar-refractivity contribution is -0.122. The van der Waals surface area contributed by atoms with Gasteiger partial charge in [0.1, 0.15) is 11.6 Å². The minimum Gasteiger partial charge on any atom is -0.495 e. The molecular formula is C11H13ClN2O3. The van der Waals surface area contributed by atoms with Gasteiger partial charge >= 0.3 is 0 Å². The summed E-state index contributed by atoms with van der Waals surface area (Å²) in [6, 6.07) is 7.01. The lowest BCUT2D eigenvalue weighted by Gasteiger charge is -2.09. The molecule has 0 saturated carbocycles. The minimum absolute atomic E-state index is 0.121. The number of amides is 2. The number of rotatable bonds is 5. The summed E-state index contributed by atoms with van der Waals surface area (Å²) in [6.45, 7) is -0.121. The fraction of sp³-hybridized carbons (Fsp3) is 0.273. The lowest BCUT2D eigenvalue weighted by atomic mass is 10.3. The highest BCUT2D eigenvalue weighted by molar-refractivity contribution is 6.27. The van der Waals surface area contributed by atoms with Gasteiger partial charge in [0, 0.05) is 0 Å². The SMILES string of the molecule is COc1ccccc1NC(=O)CNC(=O)CCl. The number of alkyl halides is 1. The number of hydrogen-bond donors (Lipinski definition) is 2. The third kappa shape index (κ3) is 4.32. The molecule has 0 bridgehead atoms. The van der Waals surface area contributed by atoms with Crippen molar-refractivity contribution in [3.63, 3.8) is 0 Å². The third-order valence-electron chi connectivity index (χ3n) is 1.95. The second kappa shape index (κ2) is 6.75. The molecule has 2 amide bonds. The van der Waals surface area contributed by atoms with Gasteiger partial charge in [-0.05, 0) is 12.1 Å². The topological polar surface area (TPSA) is 67.4 Å². The van der Waals surface area contributed by atoms with Gasteiger partial charge in [-0.15, -0.1) is 11.6 Å². The molecular weight excluding hydrogens is 244 g/mol. The Balaban J connectivity index is 2.53. The summed E-state index contributed by atoms with van der Waals surface area (Å²) in [6.07, 6.45) is 0. The number of nitrogens with one attached hydrogen (secondary N) is 2. The highest BCUT2D eigenvalue weighted by Crippen LogP contribution is 2.22. The fourth-order valence-corrected chi connectivity index (χ4v) is 1.26. The van der Waals surface area contributed by atoms with Crippen LogP contribution in [0.2, 0.25) is 0 Å². The predicted molar refractivity (Wildman–Crippen MR) is 65.4 cm³/mol. The van der Waals surface area contributed by atoms with E-state index < -0.39 is 0 Å². The van der Waals surface area contributed by atoms with Gasteiger partial charge in [-0.2, -0.15) is 0 Å². The Morgan fingerprint density at radius 3 is 2.65 bits per heavy atom. The van der Waals surface area contributed by atoms with Crippen molar-refractivity contribution >= 4 is 29.1 Å². The van der Waals surface area contributed by atoms with Crippen LogP contribution in [0.1, 0.15) is 0 Å². The Hall–Kier alpha value is -1.75. The van der Waals surface area contributed by atoms with Gasteiger partial charge in [-0.1, -0.05) is 12.1 Å². The van der Waals surface area contributed by atoms with Crippen LogP contribution in [0.15, 0.2) is 24.3 Å². The molecule has 0 heterocycles. The van der Waals surface area contributed by atoms with Crippen LogP contribution >= 0.6 is 11.6 Å². The number of benzene rings is 1. The minimum atomic E-state index is -0.387. The summed E-state index contributed by atoms with van der Waals surface area (Å²) < 4.78 is 5.07. The van der Waals surface area contributed by atoms with Crippen LogP contribution < -0.4 is 15.4 Å². The van der Waals surface area contributed by atoms with Crippen LogP contribution in [0.25, 0.3) is 0 Å². The Morgan fingerprint density at radius 2 is 2.00 bits per heavy atom. The molecule has 0 saturated heterocycles. The van der Waals surface area contributed by atoms with Crippen molar-refractivity contribution < 1.29 is 14.3 Å². The molecule has 0 atom stereocenters. The first-order chi connectivity index (χ1) is 8.17. The Labute approximate surface area is 104 Å². The molecule has 6 heteroatoms. The number of hydrogen-bond acceptors (Lipinski definition) is 3. The van der Waals surface area contributed by atoms with E-state index in [9.17, 15) is 9.59 Å². The molecule has 0 aliphatic rings. The molecule has 0 aromatic heterocycles. The van der Waals surface area contributed by atoms with Crippen LogP contribution in [-0.2, 0) is 9.59 Å². The van der Waals surface area contributed by atoms with Gasteiger partial charge in [-0.25, -0.2) is 0 Å². The van der Waals surface area contributed by atoms with E-state index in [-0.39, 0.29) is 24.2 Å². The van der Waals surface area contributed by atoms with E-state index >= 15 is 0 Å². The van der Waals surface area contributed by atoms with E-state index in [4.69, 9.17) is 16.3 Å². The maximum Gasteiger partial charge on any atom is 0.243 e. The molecule has 2 N–H and O–H groups in total. The van der Waals surface area contributed by atoms with Crippen molar-refractivity contribution in [3.05, 3.63) is 24.3 Å². The zero-order valence-corrected chi connectivity index (χ0v) is 10.1. The number of ether oxygens (including phenoxy) is 1. The highest BCUT2D eigenvalue weighted by Gasteiger charge is 2.07. The van der Waals surface area contributed by atoms with Crippen LogP contribution in [0.3, 0.4) is 0 Å². The lowest BCUT2D eigenvalue weighted by Crippen LogP contribution is -2.33. The smallest absolute Gasteiger partial charge is 0.243 e. The van der Waals surface area contributed by atoms with Gasteiger partial charge in [0.15, 0.2) is 0 Å². The average Bonchev–Trinajstić information content (AvgIpc) is 2.36. The Bertz CT molecular complexity index is 409. The molecule has 1 aromatic rings. The molecule has 0 unspecified atom stereocenters. The van der Waals surface area contributed by atoms with Crippen molar-refractivity contribution in [3.8, 4) is 5.75 Å². The number of methoxy groups -OCH3 is 1. The van der Waals surface area contributed by atoms with Gasteiger partial charge in [-0.3, -0.25) is 9.59 Å². The van der Waals surface area contributed by atoms with Gasteiger partial charge in [0.2, 0.25) is 11.8 Å². The molecule has 1 aromatic carbocycles. The molecule has 0 aliphatic heterocycles. The van der Waals surface area contributed by atoms with Gasteiger partial charge in [0.05, 0.1) is 19.3 Å². The average molecular weight is 257 g/mol. The van der Waals surface area contributed by atoms with E-state index in [1.54, 1.807) is 24.3 Å². The maximum absolute atomic E-state index is 11.5. The highest BCUT2D eigenvalue weighted by atomic mass is 35.5. The first-order valence-corrected chi connectivity index (χ1v) is 5.46. The fourth-order valence-electron chi connectivity index (χ4n) is 1.17. The van der Waals surface area contributed by atoms with Crippen molar-refractivity contribution in [2.45, 2.75) is 0 Å². The van der Waals surface area contributed by atoms with Gasteiger partial charge < -0.3 is 15.4 Å². The van der Waals surface area contributed by atoms with E-state index in [1.807, 2.05) is 0 Å². The quantitative estimate of drug-likeness (QED) is 0.772. The zero-order valence-electron chi connectivity index (χ0n) is 9.33. The molecule has 92 valence electrons. The zero-order chi connectivity index (χ0) is 12.7. The molecule has 5 nitrogen and oxygen atoms in total. The predicted octanol–water partition coefficient (Wildman–Crippen LogP) is 0.989. The number of carbonyl (C=O) groups is 2. The Kier molecular flexibility index (Phi) is 5.29. The number of carbonyl (C=O) groups excluding carboxylic acids is 2. The normalized spacial score (nSPS) is 9.53. The summed E-state index contributed by atoms with van der Waals surface area (Å²) in [5.74, 6) is -0.332. The van der Waals surface area contributed by atoms with E-state index in [2.05, 4.69) is 10.6 Å². The van der Waals surface area contributed by atoms with Crippen molar-refractivity contribution in [1.29, 1.82) is 0 Å². The summed E-state index contributed by atoms with van der Waals surface area (Å²) in [4.78, 5) is 22.3. The van der Waals surface area contributed by atoms with Crippen LogP contribution in [0, 0.1) is 0 Å². The van der Waals surface area contributed by atoms with Crippen LogP contribution in [0.4, 0.5) is 5.69 Å². The van der Waals surface area contributed by atoms with Crippen LogP contribution in [-0.4, -0.2) is 31.3 Å². The second-order valence-electron chi connectivity index (χ2n) is 3.16. The van der Waals surface area contributed by atoms with Crippen molar-refractivity contribution in [1.82, 2.24) is 5.32 Å². The number of para-hydroxylation sites is 2. The Morgan fingerprint density at radius 1 is 1.29 bits per heavy atom. The van der Waals surface area contributed by atoms with Gasteiger partial charge in [0.25, 0.3) is 0 Å². The summed E-state index contributed by atoms with van der Waals surface area (Å²) in [5, 5.41) is 4.99. The third-order valence-corrected chi connectivity index (χ3v) is 2.19. The second-order valence-corrected chi connectivity index (χ2v) is 3.43. The van der Waals surface area contributed by atoms with E-state index in [1.165, 1.54) is 7.11 Å². The first kappa shape index (κ1) is 13.3. The molecule has 0 spiro atoms. The molecule has 17 heavy (non-hydrogen) atoms. The standard InChI is InChI=1S/C11H13ClN2O3/c1-17-9-5-3-2-4-8(9)14-11(16)7-13-10(15)6-12/h2-5H,6-7H2,1H3,(H,13,15)(H,14,16). The molecule has 0 fully saturated rings. The number of anilines is 1. The summed E-state index contributed by atoms with van der Waals surface area (Å²) >= 11 is 5.28. The summed E-state index contributed by atoms with van der Waals surface area (Å²) in [7, 11) is 1.51. The van der Waals surface area contributed by atoms with E-state index in [0.29, 0.717) is 11.4 Å². The monoisotopic (exact) mass is 256 g/mol. The molecule has 0 aliphatic carbocycles. The molecule has 1 rings (SSSR count). The van der Waals surface area contributed by atoms with E-state index in [0.717, 1.165) is 0 Å². The van der Waals surface area contributed by atoms with Crippen molar-refractivity contribution in [2.75, 3.05) is 24.9 Å². The first-order valence-electron chi connectivity index (χ1n) is 4.93. The summed E-state index contributed by atoms with van der Waals surface area (Å²) in [5.41, 5.74) is 0.556. The largest absolute Gasteiger partial charge is 0.495 e. The van der Waals surface area contributed by atoms with Crippen LogP contribution in [0.5, 0.6) is 5.75 Å².